The van der Waals surface area contributed by atoms with Crippen molar-refractivity contribution in [1.82, 2.24) is 5.32 Å². The van der Waals surface area contributed by atoms with Gasteiger partial charge in [-0.25, -0.2) is 0 Å². The summed E-state index contributed by atoms with van der Waals surface area (Å²) < 4.78 is 0. The first-order valence-electron chi connectivity index (χ1n) is 6.87. The van der Waals surface area contributed by atoms with Crippen molar-refractivity contribution in [3.63, 3.8) is 0 Å². The molecule has 1 fully saturated rings. The van der Waals surface area contributed by atoms with Crippen molar-refractivity contribution >= 4 is 17.5 Å². The molecule has 0 aliphatic heterocycles. The Bertz CT molecular complexity index is 502. The maximum Gasteiger partial charge on any atom is 0.226 e. The van der Waals surface area contributed by atoms with Crippen LogP contribution in [0.3, 0.4) is 0 Å². The Kier molecular flexibility index (Phi) is 4.74. The predicted molar refractivity (Wildman–Crippen MR) is 75.9 cm³/mol. The molecule has 108 valence electrons. The number of benzene rings is 1. The van der Waals surface area contributed by atoms with E-state index in [0.29, 0.717) is 18.2 Å². The molecule has 1 aromatic carbocycles. The van der Waals surface area contributed by atoms with Crippen LogP contribution in [0.25, 0.3) is 0 Å². The van der Waals surface area contributed by atoms with Gasteiger partial charge in [-0.15, -0.1) is 0 Å². The van der Waals surface area contributed by atoms with Gasteiger partial charge in [0.15, 0.2) is 0 Å². The highest BCUT2D eigenvalue weighted by Crippen LogP contribution is 2.37. The van der Waals surface area contributed by atoms with Crippen LogP contribution in [0.5, 0.6) is 0 Å². The number of nitrogens with one attached hydrogen (secondary N) is 2. The Hall–Kier alpha value is -1.88. The highest BCUT2D eigenvalue weighted by molar-refractivity contribution is 5.91. The van der Waals surface area contributed by atoms with Gasteiger partial charge in [0.2, 0.25) is 11.8 Å². The van der Waals surface area contributed by atoms with Gasteiger partial charge in [-0.05, 0) is 30.0 Å². The second kappa shape index (κ2) is 6.52. The lowest BCUT2D eigenvalue weighted by Crippen LogP contribution is -2.29. The quantitative estimate of drug-likeness (QED) is 0.732. The molecular weight excluding hydrogens is 256 g/mol. The fraction of sp³-hybridized carbons (Fsp3) is 0.467. The molecule has 2 rings (SSSR count). The fourth-order valence-corrected chi connectivity index (χ4v) is 2.09. The number of anilines is 1. The molecular formula is C15H20N2O3. The Labute approximate surface area is 118 Å². The highest BCUT2D eigenvalue weighted by Gasteiger charge is 2.38. The maximum atomic E-state index is 11.7. The van der Waals surface area contributed by atoms with Crippen molar-refractivity contribution in [3.8, 4) is 0 Å². The molecule has 0 saturated heterocycles. The summed E-state index contributed by atoms with van der Waals surface area (Å²) in [6.07, 6.45) is 1.20. The summed E-state index contributed by atoms with van der Waals surface area (Å²) in [4.78, 5) is 23.3. The number of rotatable bonds is 6. The molecule has 1 aliphatic carbocycles. The molecule has 0 heterocycles. The van der Waals surface area contributed by atoms with E-state index in [9.17, 15) is 9.59 Å². The third-order valence-corrected chi connectivity index (χ3v) is 3.49. The lowest BCUT2D eigenvalue weighted by Gasteiger charge is -2.07. The minimum Gasteiger partial charge on any atom is -0.392 e. The van der Waals surface area contributed by atoms with Crippen molar-refractivity contribution in [3.05, 3.63) is 29.8 Å². The first kappa shape index (κ1) is 14.5. The molecule has 0 aromatic heterocycles. The molecule has 2 atom stereocenters. The summed E-state index contributed by atoms with van der Waals surface area (Å²) in [6, 6.07) is 7.05. The topological polar surface area (TPSA) is 78.4 Å². The van der Waals surface area contributed by atoms with Gasteiger partial charge in [0, 0.05) is 24.6 Å². The van der Waals surface area contributed by atoms with Gasteiger partial charge in [0.25, 0.3) is 0 Å². The van der Waals surface area contributed by atoms with Gasteiger partial charge in [0.1, 0.15) is 0 Å². The summed E-state index contributed by atoms with van der Waals surface area (Å²) >= 11 is 0. The van der Waals surface area contributed by atoms with Crippen molar-refractivity contribution in [1.29, 1.82) is 0 Å². The van der Waals surface area contributed by atoms with Crippen LogP contribution in [0.4, 0.5) is 5.69 Å². The maximum absolute atomic E-state index is 11.7. The van der Waals surface area contributed by atoms with Gasteiger partial charge >= 0.3 is 0 Å². The van der Waals surface area contributed by atoms with E-state index in [2.05, 4.69) is 10.6 Å². The van der Waals surface area contributed by atoms with Crippen LogP contribution in [-0.2, 0) is 16.2 Å². The monoisotopic (exact) mass is 276 g/mol. The van der Waals surface area contributed by atoms with Crippen molar-refractivity contribution in [2.24, 2.45) is 11.8 Å². The second-order valence-corrected chi connectivity index (χ2v) is 5.27. The van der Waals surface area contributed by atoms with Crippen molar-refractivity contribution in [2.75, 3.05) is 11.9 Å². The number of amides is 2. The normalized spacial score (nSPS) is 20.3. The molecule has 2 unspecified atom stereocenters. The zero-order valence-electron chi connectivity index (χ0n) is 11.6. The Morgan fingerprint density at radius 2 is 2.15 bits per heavy atom. The van der Waals surface area contributed by atoms with E-state index < -0.39 is 0 Å². The smallest absolute Gasteiger partial charge is 0.226 e. The van der Waals surface area contributed by atoms with E-state index >= 15 is 0 Å². The number of carbonyl (C=O) groups excluding carboxylic acids is 2. The first-order chi connectivity index (χ1) is 9.60. The van der Waals surface area contributed by atoms with Crippen molar-refractivity contribution < 1.29 is 14.7 Å². The van der Waals surface area contributed by atoms with Crippen LogP contribution < -0.4 is 10.6 Å². The van der Waals surface area contributed by atoms with Gasteiger partial charge in [0.05, 0.1) is 6.61 Å². The molecule has 5 heteroatoms. The molecule has 0 radical (unpaired) electrons. The molecule has 2 amide bonds. The first-order valence-corrected chi connectivity index (χ1v) is 6.87. The molecule has 0 spiro atoms. The fourth-order valence-electron chi connectivity index (χ4n) is 2.09. The van der Waals surface area contributed by atoms with E-state index in [1.165, 1.54) is 0 Å². The van der Waals surface area contributed by atoms with Crippen LogP contribution in [0.2, 0.25) is 0 Å². The van der Waals surface area contributed by atoms with Gasteiger partial charge < -0.3 is 15.7 Å². The van der Waals surface area contributed by atoms with Gasteiger partial charge in [-0.3, -0.25) is 9.59 Å². The third-order valence-electron chi connectivity index (χ3n) is 3.49. The molecule has 20 heavy (non-hydrogen) atoms. The van der Waals surface area contributed by atoms with E-state index in [-0.39, 0.29) is 30.8 Å². The number of carbonyl (C=O) groups is 2. The summed E-state index contributed by atoms with van der Waals surface area (Å²) in [7, 11) is 0. The summed E-state index contributed by atoms with van der Waals surface area (Å²) in [6.45, 7) is 2.35. The van der Waals surface area contributed by atoms with E-state index in [1.54, 1.807) is 24.3 Å². The lowest BCUT2D eigenvalue weighted by atomic mass is 10.2. The molecule has 5 nitrogen and oxygen atoms in total. The van der Waals surface area contributed by atoms with Crippen LogP contribution in [0, 0.1) is 11.8 Å². The van der Waals surface area contributed by atoms with Crippen LogP contribution in [0.1, 0.15) is 25.3 Å². The van der Waals surface area contributed by atoms with Crippen LogP contribution >= 0.6 is 0 Å². The summed E-state index contributed by atoms with van der Waals surface area (Å²) in [5, 5.41) is 14.5. The largest absolute Gasteiger partial charge is 0.392 e. The zero-order valence-corrected chi connectivity index (χ0v) is 11.6. The number of hydrogen-bond acceptors (Lipinski definition) is 3. The molecule has 1 aliphatic rings. The van der Waals surface area contributed by atoms with E-state index in [0.717, 1.165) is 12.0 Å². The molecule has 0 bridgehead atoms. The summed E-state index contributed by atoms with van der Waals surface area (Å²) in [5.74, 6) is 0.515. The summed E-state index contributed by atoms with van der Waals surface area (Å²) in [5.41, 5.74) is 1.41. The van der Waals surface area contributed by atoms with Gasteiger partial charge in [-0.2, -0.15) is 0 Å². The second-order valence-electron chi connectivity index (χ2n) is 5.27. The SMILES string of the molecule is CC1CC1C(=O)NCCC(=O)Nc1cccc(CO)c1. The van der Waals surface area contributed by atoms with Gasteiger partial charge in [-0.1, -0.05) is 19.1 Å². The predicted octanol–water partition coefficient (Wildman–Crippen LogP) is 1.28. The van der Waals surface area contributed by atoms with Crippen LogP contribution in [0.15, 0.2) is 24.3 Å². The molecule has 1 aromatic rings. The lowest BCUT2D eigenvalue weighted by molar-refractivity contribution is -0.122. The number of aliphatic hydroxyl groups is 1. The average Bonchev–Trinajstić information content (AvgIpc) is 3.16. The Morgan fingerprint density at radius 1 is 1.40 bits per heavy atom. The Morgan fingerprint density at radius 3 is 2.80 bits per heavy atom. The standard InChI is InChI=1S/C15H20N2O3/c1-10-7-13(10)15(20)16-6-5-14(19)17-12-4-2-3-11(8-12)9-18/h2-4,8,10,13,18H,5-7,9H2,1H3,(H,16,20)(H,17,19). The van der Waals surface area contributed by atoms with E-state index in [1.807, 2.05) is 6.92 Å². The van der Waals surface area contributed by atoms with Crippen molar-refractivity contribution in [2.45, 2.75) is 26.4 Å². The Balaban J connectivity index is 1.70. The molecule has 1 saturated carbocycles. The zero-order chi connectivity index (χ0) is 14.5. The highest BCUT2D eigenvalue weighted by atomic mass is 16.3. The number of hydrogen-bond donors (Lipinski definition) is 3. The minimum absolute atomic E-state index is 0.0487. The number of aliphatic hydroxyl groups excluding tert-OH is 1. The van der Waals surface area contributed by atoms with E-state index in [4.69, 9.17) is 5.11 Å². The van der Waals surface area contributed by atoms with Crippen LogP contribution in [-0.4, -0.2) is 23.5 Å². The molecule has 3 N–H and O–H groups in total. The third kappa shape index (κ3) is 4.06. The minimum atomic E-state index is -0.149. The average molecular weight is 276 g/mol.